The predicted molar refractivity (Wildman–Crippen MR) is 197 cm³/mol. The van der Waals surface area contributed by atoms with Crippen molar-refractivity contribution in [3.63, 3.8) is 0 Å². The number of carbonyl (C=O) groups excluding carboxylic acids is 1. The van der Waals surface area contributed by atoms with Crippen LogP contribution in [0.2, 0.25) is 0 Å². The molecule has 50 heavy (non-hydrogen) atoms. The third kappa shape index (κ3) is 7.16. The zero-order valence-corrected chi connectivity index (χ0v) is 30.3. The summed E-state index contributed by atoms with van der Waals surface area (Å²) in [6.07, 6.45) is 3.74. The molecule has 1 aromatic heterocycles. The number of nitrogens with zero attached hydrogens (tertiary/aromatic N) is 3. The Morgan fingerprint density at radius 2 is 1.80 bits per heavy atom. The van der Waals surface area contributed by atoms with E-state index in [-0.39, 0.29) is 30.0 Å². The second kappa shape index (κ2) is 15.3. The Kier molecular flexibility index (Phi) is 10.7. The van der Waals surface area contributed by atoms with Gasteiger partial charge in [0, 0.05) is 22.6 Å². The first kappa shape index (κ1) is 34.9. The van der Waals surface area contributed by atoms with Crippen molar-refractivity contribution in [3.8, 4) is 11.5 Å². The summed E-state index contributed by atoms with van der Waals surface area (Å²) in [4.78, 5) is 45.0. The summed E-state index contributed by atoms with van der Waals surface area (Å²) in [6, 6.07) is 26.1. The van der Waals surface area contributed by atoms with E-state index >= 15 is 0 Å². The lowest BCUT2D eigenvalue weighted by Crippen LogP contribution is -2.40. The van der Waals surface area contributed by atoms with Gasteiger partial charge in [0.15, 0.2) is 16.3 Å². The van der Waals surface area contributed by atoms with Crippen molar-refractivity contribution in [2.45, 2.75) is 24.5 Å². The van der Waals surface area contributed by atoms with Crippen LogP contribution in [0, 0.1) is 10.1 Å². The first-order valence-electron chi connectivity index (χ1n) is 15.4. The van der Waals surface area contributed by atoms with Gasteiger partial charge in [-0.15, -0.1) is 11.8 Å². The van der Waals surface area contributed by atoms with E-state index in [1.807, 2.05) is 66.9 Å². The molecular weight excluding hydrogens is 742 g/mol. The molecule has 1 aliphatic rings. The minimum Gasteiger partial charge on any atom is -0.493 e. The monoisotopic (exact) mass is 771 g/mol. The van der Waals surface area contributed by atoms with Gasteiger partial charge in [-0.25, -0.2) is 9.79 Å². The number of nitro benzene ring substituents is 1. The van der Waals surface area contributed by atoms with E-state index in [1.54, 1.807) is 47.5 Å². The average Bonchev–Trinajstić information content (AvgIpc) is 3.44. The maximum absolute atomic E-state index is 14.3. The van der Waals surface area contributed by atoms with Crippen molar-refractivity contribution >= 4 is 62.5 Å². The number of non-ortho nitro benzene ring substituents is 1. The van der Waals surface area contributed by atoms with Crippen LogP contribution < -0.4 is 24.4 Å². The summed E-state index contributed by atoms with van der Waals surface area (Å²) in [5, 5.41) is 11.0. The van der Waals surface area contributed by atoms with Gasteiger partial charge in [0.25, 0.3) is 11.2 Å². The normalized spacial score (nSPS) is 14.2. The number of thiazole rings is 1. The van der Waals surface area contributed by atoms with Crippen LogP contribution in [0.15, 0.2) is 116 Å². The summed E-state index contributed by atoms with van der Waals surface area (Å²) < 4.78 is 19.8. The van der Waals surface area contributed by atoms with E-state index in [0.29, 0.717) is 36.6 Å². The number of hydrogen-bond acceptors (Lipinski definition) is 10. The molecular formula is C37H30BrN3O7S2. The molecule has 5 aromatic rings. The SMILES string of the molecule is CCOC(=O)C1=C(c2ccccc2)N=c2s/c(=C\c3cc(Br)c(OCc4ccc([N+](=O)[O-])cc4)c(OC)c3)c(=O)n2[C@H]1c1ccc(SC)cc1. The lowest BCUT2D eigenvalue weighted by Gasteiger charge is -2.26. The van der Waals surface area contributed by atoms with Gasteiger partial charge in [-0.05, 0) is 88.3 Å². The lowest BCUT2D eigenvalue weighted by molar-refractivity contribution is -0.384. The largest absolute Gasteiger partial charge is 0.493 e. The summed E-state index contributed by atoms with van der Waals surface area (Å²) in [6.45, 7) is 2.06. The van der Waals surface area contributed by atoms with E-state index in [9.17, 15) is 19.7 Å². The van der Waals surface area contributed by atoms with Crippen LogP contribution in [-0.4, -0.2) is 35.4 Å². The number of methoxy groups -OCH3 is 1. The van der Waals surface area contributed by atoms with E-state index in [0.717, 1.165) is 21.6 Å². The molecule has 0 radical (unpaired) electrons. The molecule has 4 aromatic carbocycles. The van der Waals surface area contributed by atoms with Crippen molar-refractivity contribution in [1.29, 1.82) is 0 Å². The molecule has 0 bridgehead atoms. The van der Waals surface area contributed by atoms with Gasteiger partial charge < -0.3 is 14.2 Å². The van der Waals surface area contributed by atoms with E-state index < -0.39 is 16.9 Å². The van der Waals surface area contributed by atoms with Crippen LogP contribution in [0.3, 0.4) is 0 Å². The molecule has 2 heterocycles. The Morgan fingerprint density at radius 3 is 2.44 bits per heavy atom. The molecule has 0 N–H and O–H groups in total. The number of nitro groups is 1. The van der Waals surface area contributed by atoms with Crippen LogP contribution in [0.5, 0.6) is 11.5 Å². The molecule has 0 aliphatic carbocycles. The Morgan fingerprint density at radius 1 is 1.08 bits per heavy atom. The smallest absolute Gasteiger partial charge is 0.338 e. The summed E-state index contributed by atoms with van der Waals surface area (Å²) in [7, 11) is 1.52. The number of carbonyl (C=O) groups is 1. The number of thioether (sulfide) groups is 1. The number of hydrogen-bond donors (Lipinski definition) is 0. The number of fused-ring (bicyclic) bond motifs is 1. The molecule has 0 unspecified atom stereocenters. The highest BCUT2D eigenvalue weighted by atomic mass is 79.9. The van der Waals surface area contributed by atoms with Crippen molar-refractivity contribution in [3.05, 3.63) is 153 Å². The summed E-state index contributed by atoms with van der Waals surface area (Å²) in [5.74, 6) is 0.314. The Balaban J connectivity index is 1.45. The fourth-order valence-electron chi connectivity index (χ4n) is 5.53. The van der Waals surface area contributed by atoms with Crippen molar-refractivity contribution in [2.24, 2.45) is 4.99 Å². The lowest BCUT2D eigenvalue weighted by atomic mass is 9.93. The molecule has 0 spiro atoms. The summed E-state index contributed by atoms with van der Waals surface area (Å²) in [5.41, 5.74) is 3.31. The van der Waals surface area contributed by atoms with Crippen molar-refractivity contribution in [1.82, 2.24) is 4.57 Å². The number of aromatic nitrogens is 1. The maximum atomic E-state index is 14.3. The Labute approximate surface area is 303 Å². The van der Waals surface area contributed by atoms with E-state index in [4.69, 9.17) is 19.2 Å². The van der Waals surface area contributed by atoms with Crippen LogP contribution in [0.1, 0.15) is 35.2 Å². The minimum atomic E-state index is -0.782. The molecule has 0 saturated carbocycles. The number of benzene rings is 4. The number of rotatable bonds is 11. The van der Waals surface area contributed by atoms with Crippen molar-refractivity contribution in [2.75, 3.05) is 20.0 Å². The first-order chi connectivity index (χ1) is 24.2. The summed E-state index contributed by atoms with van der Waals surface area (Å²) >= 11 is 6.41. The highest BCUT2D eigenvalue weighted by molar-refractivity contribution is 9.10. The van der Waals surface area contributed by atoms with E-state index in [1.165, 1.54) is 30.6 Å². The third-order valence-corrected chi connectivity index (χ3v) is 10.2. The van der Waals surface area contributed by atoms with Gasteiger partial charge in [0.1, 0.15) is 6.61 Å². The number of halogens is 1. The topological polar surface area (TPSA) is 122 Å². The highest BCUT2D eigenvalue weighted by Crippen LogP contribution is 2.38. The van der Waals surface area contributed by atoms with Gasteiger partial charge in [0.2, 0.25) is 0 Å². The standard InChI is InChI=1S/C37H30BrN3O7S2/c1-4-47-36(43)31-32(24-8-6-5-7-9-24)39-37-40(33(31)25-12-16-27(49-3)17-13-25)35(42)30(50-37)20-23-18-28(38)34(29(19-23)46-2)48-21-22-10-14-26(15-11-22)41(44)45/h5-20,33H,4,21H2,1-3H3/b30-20-/t33-/m0/s1. The number of esters is 1. The quantitative estimate of drug-likeness (QED) is 0.0615. The minimum absolute atomic E-state index is 0.00429. The van der Waals surface area contributed by atoms with Gasteiger partial charge in [-0.3, -0.25) is 19.5 Å². The van der Waals surface area contributed by atoms with Gasteiger partial charge >= 0.3 is 5.97 Å². The molecule has 1 atom stereocenters. The second-order valence-electron chi connectivity index (χ2n) is 11.0. The highest BCUT2D eigenvalue weighted by Gasteiger charge is 2.35. The number of ether oxygens (including phenoxy) is 3. The molecule has 6 rings (SSSR count). The van der Waals surface area contributed by atoms with Crippen LogP contribution in [-0.2, 0) is 16.1 Å². The fourth-order valence-corrected chi connectivity index (χ4v) is 7.51. The van der Waals surface area contributed by atoms with E-state index in [2.05, 4.69) is 15.9 Å². The predicted octanol–water partition coefficient (Wildman–Crippen LogP) is 6.92. The molecule has 0 fully saturated rings. The zero-order valence-electron chi connectivity index (χ0n) is 27.1. The maximum Gasteiger partial charge on any atom is 0.338 e. The third-order valence-electron chi connectivity index (χ3n) is 7.89. The average molecular weight is 773 g/mol. The molecule has 0 amide bonds. The van der Waals surface area contributed by atoms with Gasteiger partial charge in [-0.1, -0.05) is 53.8 Å². The molecule has 1 aliphatic heterocycles. The van der Waals surface area contributed by atoms with Crippen molar-refractivity contribution < 1.29 is 23.9 Å². The van der Waals surface area contributed by atoms with Crippen LogP contribution >= 0.6 is 39.0 Å². The molecule has 13 heteroatoms. The molecule has 254 valence electrons. The van der Waals surface area contributed by atoms with Gasteiger partial charge in [-0.2, -0.15) is 0 Å². The van der Waals surface area contributed by atoms with Crippen LogP contribution in [0.4, 0.5) is 5.69 Å². The zero-order chi connectivity index (χ0) is 35.4. The molecule has 0 saturated heterocycles. The second-order valence-corrected chi connectivity index (χ2v) is 13.7. The first-order valence-corrected chi connectivity index (χ1v) is 18.2. The van der Waals surface area contributed by atoms with Crippen LogP contribution in [0.25, 0.3) is 11.8 Å². The fraction of sp³-hybridized carbons (Fsp3) is 0.162. The van der Waals surface area contributed by atoms with Gasteiger partial charge in [0.05, 0.1) is 45.0 Å². The Hall–Kier alpha value is -4.98. The Bertz CT molecular complexity index is 2290. The molecule has 10 nitrogen and oxygen atoms in total.